The van der Waals surface area contributed by atoms with E-state index in [4.69, 9.17) is 0 Å². The van der Waals surface area contributed by atoms with Crippen LogP contribution in [-0.2, 0) is 11.2 Å². The lowest BCUT2D eigenvalue weighted by Crippen LogP contribution is -2.39. The summed E-state index contributed by atoms with van der Waals surface area (Å²) in [5.41, 5.74) is 1.77. The van der Waals surface area contributed by atoms with Crippen molar-refractivity contribution in [2.24, 2.45) is 0 Å². The van der Waals surface area contributed by atoms with Gasteiger partial charge in [-0.25, -0.2) is 4.39 Å². The van der Waals surface area contributed by atoms with Crippen molar-refractivity contribution in [2.45, 2.75) is 38.6 Å². The van der Waals surface area contributed by atoms with Gasteiger partial charge in [-0.15, -0.1) is 0 Å². The molecule has 1 aromatic heterocycles. The van der Waals surface area contributed by atoms with Crippen molar-refractivity contribution in [3.05, 3.63) is 53.1 Å². The molecule has 27 heavy (non-hydrogen) atoms. The number of likely N-dealkylation sites (N-methyl/N-ethyl adjacent to an activating group) is 1. The zero-order chi connectivity index (χ0) is 19.4. The predicted octanol–water partition coefficient (Wildman–Crippen LogP) is 2.55. The summed E-state index contributed by atoms with van der Waals surface area (Å²) in [4.78, 5) is 28.8. The summed E-state index contributed by atoms with van der Waals surface area (Å²) in [7, 11) is 1.77. The van der Waals surface area contributed by atoms with Gasteiger partial charge in [0.15, 0.2) is 0 Å². The van der Waals surface area contributed by atoms with Gasteiger partial charge < -0.3 is 9.80 Å². The van der Waals surface area contributed by atoms with Gasteiger partial charge in [-0.1, -0.05) is 18.2 Å². The van der Waals surface area contributed by atoms with Crippen LogP contribution < -0.4 is 0 Å². The summed E-state index contributed by atoms with van der Waals surface area (Å²) >= 11 is 0. The minimum atomic E-state index is -0.354. The van der Waals surface area contributed by atoms with Crippen LogP contribution in [0, 0.1) is 12.7 Å². The van der Waals surface area contributed by atoms with Crippen molar-refractivity contribution >= 4 is 11.8 Å². The van der Waals surface area contributed by atoms with E-state index in [-0.39, 0.29) is 30.1 Å². The first-order valence-electron chi connectivity index (χ1n) is 9.25. The molecule has 1 N–H and O–H groups in total. The van der Waals surface area contributed by atoms with Crippen LogP contribution in [0.2, 0.25) is 0 Å². The first kappa shape index (κ1) is 19.1. The summed E-state index contributed by atoms with van der Waals surface area (Å²) in [6.45, 7) is 3.08. The number of halogens is 1. The van der Waals surface area contributed by atoms with E-state index in [1.807, 2.05) is 11.8 Å². The Balaban J connectivity index is 1.60. The molecule has 6 nitrogen and oxygen atoms in total. The highest BCUT2D eigenvalue weighted by atomic mass is 19.1. The molecule has 1 aromatic carbocycles. The van der Waals surface area contributed by atoms with Gasteiger partial charge in [0.25, 0.3) is 5.91 Å². The number of likely N-dealkylation sites (tertiary alicyclic amines) is 1. The van der Waals surface area contributed by atoms with Gasteiger partial charge >= 0.3 is 0 Å². The van der Waals surface area contributed by atoms with Gasteiger partial charge in [-0.05, 0) is 37.8 Å². The normalized spacial score (nSPS) is 17.4. The van der Waals surface area contributed by atoms with Crippen LogP contribution in [0.25, 0.3) is 0 Å². The number of nitrogens with one attached hydrogen (secondary N) is 1. The maximum absolute atomic E-state index is 13.8. The summed E-state index contributed by atoms with van der Waals surface area (Å²) in [6, 6.07) is 6.41. The number of carbonyl (C=O) groups excluding carboxylic acids is 2. The number of aromatic amines is 1. The van der Waals surface area contributed by atoms with Crippen LogP contribution in [-0.4, -0.2) is 58.0 Å². The van der Waals surface area contributed by atoms with Crippen molar-refractivity contribution in [3.8, 4) is 0 Å². The Morgan fingerprint density at radius 3 is 2.78 bits per heavy atom. The van der Waals surface area contributed by atoms with E-state index < -0.39 is 0 Å². The Hall–Kier alpha value is -2.70. The Labute approximate surface area is 158 Å². The molecule has 2 amide bonds. The van der Waals surface area contributed by atoms with Crippen LogP contribution in [0.5, 0.6) is 0 Å². The Morgan fingerprint density at radius 1 is 1.30 bits per heavy atom. The van der Waals surface area contributed by atoms with E-state index in [0.717, 1.165) is 18.5 Å². The monoisotopic (exact) mass is 372 g/mol. The molecule has 1 saturated heterocycles. The maximum atomic E-state index is 13.8. The van der Waals surface area contributed by atoms with Crippen LogP contribution in [0.4, 0.5) is 4.39 Å². The molecule has 0 aliphatic carbocycles. The fraction of sp³-hybridized carbons (Fsp3) is 0.450. The molecule has 0 saturated carbocycles. The van der Waals surface area contributed by atoms with Crippen LogP contribution in [0.3, 0.4) is 0 Å². The zero-order valence-corrected chi connectivity index (χ0v) is 15.7. The number of benzene rings is 1. The molecule has 0 spiro atoms. The van der Waals surface area contributed by atoms with Gasteiger partial charge in [-0.3, -0.25) is 14.7 Å². The lowest BCUT2D eigenvalue weighted by atomic mass is 10.1. The minimum Gasteiger partial charge on any atom is -0.342 e. The number of hydrogen-bond acceptors (Lipinski definition) is 3. The maximum Gasteiger partial charge on any atom is 0.257 e. The Morgan fingerprint density at radius 2 is 2.07 bits per heavy atom. The minimum absolute atomic E-state index is 0.0257. The van der Waals surface area contributed by atoms with Gasteiger partial charge in [0, 0.05) is 31.9 Å². The second-order valence-electron chi connectivity index (χ2n) is 7.06. The molecule has 1 aliphatic heterocycles. The standard InChI is InChI=1S/C20H25FN4O2/c1-14-17(13-22-23-14)20(27)25-10-5-7-16(9-11-25)24(2)19(26)12-15-6-3-4-8-18(15)21/h3-4,6,8,13,16H,5,7,9-12H2,1-2H3,(H,22,23). The third-order valence-electron chi connectivity index (χ3n) is 5.29. The average molecular weight is 372 g/mol. The highest BCUT2D eigenvalue weighted by molar-refractivity contribution is 5.95. The molecule has 1 fully saturated rings. The summed E-state index contributed by atoms with van der Waals surface area (Å²) in [6.07, 6.45) is 3.97. The Bertz CT molecular complexity index is 820. The molecule has 2 aromatic rings. The fourth-order valence-electron chi connectivity index (χ4n) is 3.54. The fourth-order valence-corrected chi connectivity index (χ4v) is 3.54. The van der Waals surface area contributed by atoms with Crippen molar-refractivity contribution in [1.29, 1.82) is 0 Å². The number of nitrogens with zero attached hydrogens (tertiary/aromatic N) is 3. The number of H-pyrrole nitrogens is 1. The third-order valence-corrected chi connectivity index (χ3v) is 5.29. The SMILES string of the molecule is Cc1[nH]ncc1C(=O)N1CCCC(N(C)C(=O)Cc2ccccc2F)CC1. The smallest absolute Gasteiger partial charge is 0.257 e. The van der Waals surface area contributed by atoms with Gasteiger partial charge in [0.05, 0.1) is 18.2 Å². The van der Waals surface area contributed by atoms with Gasteiger partial charge in [0.2, 0.25) is 5.91 Å². The van der Waals surface area contributed by atoms with E-state index >= 15 is 0 Å². The average Bonchev–Trinajstić information content (AvgIpc) is 2.94. The molecule has 3 rings (SSSR count). The van der Waals surface area contributed by atoms with E-state index in [1.54, 1.807) is 36.3 Å². The summed E-state index contributed by atoms with van der Waals surface area (Å²) in [5, 5.41) is 6.71. The molecule has 1 aliphatic rings. The van der Waals surface area contributed by atoms with Crippen molar-refractivity contribution in [1.82, 2.24) is 20.0 Å². The zero-order valence-electron chi connectivity index (χ0n) is 15.7. The molecule has 0 radical (unpaired) electrons. The van der Waals surface area contributed by atoms with Gasteiger partial charge in [0.1, 0.15) is 5.82 Å². The number of hydrogen-bond donors (Lipinski definition) is 1. The highest BCUT2D eigenvalue weighted by Crippen LogP contribution is 2.19. The van der Waals surface area contributed by atoms with Crippen molar-refractivity contribution < 1.29 is 14.0 Å². The first-order chi connectivity index (χ1) is 13.0. The van der Waals surface area contributed by atoms with Crippen molar-refractivity contribution in [3.63, 3.8) is 0 Å². The largest absolute Gasteiger partial charge is 0.342 e. The molecular formula is C20H25FN4O2. The number of aryl methyl sites for hydroxylation is 1. The summed E-state index contributed by atoms with van der Waals surface area (Å²) in [5.74, 6) is -0.481. The molecule has 0 bridgehead atoms. The van der Waals surface area contributed by atoms with Crippen LogP contribution >= 0.6 is 0 Å². The second kappa shape index (κ2) is 8.33. The lowest BCUT2D eigenvalue weighted by Gasteiger charge is -2.27. The van der Waals surface area contributed by atoms with Crippen molar-refractivity contribution in [2.75, 3.05) is 20.1 Å². The Kier molecular flexibility index (Phi) is 5.88. The van der Waals surface area contributed by atoms with Crippen LogP contribution in [0.1, 0.15) is 40.9 Å². The van der Waals surface area contributed by atoms with Crippen LogP contribution in [0.15, 0.2) is 30.5 Å². The highest BCUT2D eigenvalue weighted by Gasteiger charge is 2.27. The van der Waals surface area contributed by atoms with E-state index in [1.165, 1.54) is 6.07 Å². The lowest BCUT2D eigenvalue weighted by molar-refractivity contribution is -0.131. The van der Waals surface area contributed by atoms with Gasteiger partial charge in [-0.2, -0.15) is 5.10 Å². The quantitative estimate of drug-likeness (QED) is 0.897. The molecular weight excluding hydrogens is 347 g/mol. The number of amides is 2. The van der Waals surface area contributed by atoms with E-state index in [0.29, 0.717) is 30.6 Å². The van der Waals surface area contributed by atoms with E-state index in [2.05, 4.69) is 10.2 Å². The third kappa shape index (κ3) is 4.35. The molecule has 2 heterocycles. The second-order valence-corrected chi connectivity index (χ2v) is 7.06. The molecule has 144 valence electrons. The number of carbonyl (C=O) groups is 2. The molecule has 7 heteroatoms. The number of rotatable bonds is 4. The molecule has 1 unspecified atom stereocenters. The van der Waals surface area contributed by atoms with E-state index in [9.17, 15) is 14.0 Å². The summed E-state index contributed by atoms with van der Waals surface area (Å²) < 4.78 is 13.8. The predicted molar refractivity (Wildman–Crippen MR) is 99.7 cm³/mol. The topological polar surface area (TPSA) is 69.3 Å². The first-order valence-corrected chi connectivity index (χ1v) is 9.25. The number of aromatic nitrogens is 2. The molecule has 1 atom stereocenters.